The number of hydrogen-bond acceptors (Lipinski definition) is 2. The molecule has 24 heavy (non-hydrogen) atoms. The second-order valence-corrected chi connectivity index (χ2v) is 6.59. The van der Waals surface area contributed by atoms with E-state index >= 15 is 0 Å². The molecule has 0 aromatic heterocycles. The highest BCUT2D eigenvalue weighted by molar-refractivity contribution is 7.78. The lowest BCUT2D eigenvalue weighted by atomic mass is 9.88. The predicted octanol–water partition coefficient (Wildman–Crippen LogP) is 6.64. The summed E-state index contributed by atoms with van der Waals surface area (Å²) in [6.07, 6.45) is 9.53. The van der Waals surface area contributed by atoms with Crippen molar-refractivity contribution in [3.8, 4) is 0 Å². The molecular formula is C22H23NS. The summed E-state index contributed by atoms with van der Waals surface area (Å²) in [5, 5.41) is 2.44. The van der Waals surface area contributed by atoms with Crippen molar-refractivity contribution in [1.82, 2.24) is 0 Å². The van der Waals surface area contributed by atoms with Gasteiger partial charge in [0.15, 0.2) is 0 Å². The minimum absolute atomic E-state index is 0.900. The number of fused-ring (bicyclic) bond motifs is 1. The Hall–Kier alpha value is -2.02. The fraction of sp³-hybridized carbons (Fsp3) is 0.318. The lowest BCUT2D eigenvalue weighted by molar-refractivity contribution is 0.717. The van der Waals surface area contributed by atoms with Gasteiger partial charge in [-0.25, -0.2) is 0 Å². The second kappa shape index (κ2) is 8.19. The van der Waals surface area contributed by atoms with Crippen LogP contribution in [0.15, 0.2) is 47.5 Å². The molecule has 0 fully saturated rings. The molecule has 1 aliphatic rings. The van der Waals surface area contributed by atoms with Crippen LogP contribution in [0.1, 0.15) is 54.9 Å². The summed E-state index contributed by atoms with van der Waals surface area (Å²) in [5.74, 6) is 0. The molecule has 0 N–H and O–H groups in total. The molecule has 2 aromatic rings. The molecule has 0 saturated heterocycles. The van der Waals surface area contributed by atoms with Gasteiger partial charge >= 0.3 is 0 Å². The van der Waals surface area contributed by atoms with Crippen LogP contribution in [0.4, 0.5) is 5.69 Å². The molecule has 0 atom stereocenters. The lowest BCUT2D eigenvalue weighted by Gasteiger charge is -2.17. The molecule has 0 spiro atoms. The molecule has 0 saturated carbocycles. The molecular weight excluding hydrogens is 310 g/mol. The topological polar surface area (TPSA) is 12.4 Å². The molecule has 122 valence electrons. The molecule has 0 unspecified atom stereocenters. The van der Waals surface area contributed by atoms with E-state index in [2.05, 4.69) is 71.8 Å². The van der Waals surface area contributed by atoms with E-state index in [0.29, 0.717) is 0 Å². The highest BCUT2D eigenvalue weighted by atomic mass is 32.1. The molecule has 1 aliphatic carbocycles. The number of aliphatic imine (C=N–C) groups is 1. The van der Waals surface area contributed by atoms with E-state index in [4.69, 9.17) is 0 Å². The van der Waals surface area contributed by atoms with Crippen molar-refractivity contribution in [2.75, 3.05) is 0 Å². The largest absolute Gasteiger partial charge is 0.195 e. The number of aryl methyl sites for hydroxylation is 2. The standard InChI is InChI=1S/C22H23NS/c1-2-3-4-5-17-6-8-18(9-7-17)19-10-11-21-15-22(23-16-24)13-12-20(21)14-19/h6-9,12-15H,2-5,10-11H2,1H3. The van der Waals surface area contributed by atoms with Crippen LogP contribution in [0.5, 0.6) is 0 Å². The quantitative estimate of drug-likeness (QED) is 0.328. The monoisotopic (exact) mass is 333 g/mol. The molecule has 0 bridgehead atoms. The van der Waals surface area contributed by atoms with Gasteiger partial charge in [0.25, 0.3) is 0 Å². The number of hydrogen-bond donors (Lipinski definition) is 0. The number of allylic oxidation sites excluding steroid dienone is 1. The first kappa shape index (κ1) is 16.8. The minimum atomic E-state index is 0.900. The van der Waals surface area contributed by atoms with Gasteiger partial charge in [0.05, 0.1) is 10.8 Å². The maximum atomic E-state index is 4.69. The Morgan fingerprint density at radius 2 is 1.88 bits per heavy atom. The van der Waals surface area contributed by atoms with Gasteiger partial charge in [-0.1, -0.05) is 56.2 Å². The third kappa shape index (κ3) is 4.08. The van der Waals surface area contributed by atoms with E-state index in [1.165, 1.54) is 53.5 Å². The van der Waals surface area contributed by atoms with Crippen molar-refractivity contribution >= 4 is 34.7 Å². The summed E-state index contributed by atoms with van der Waals surface area (Å²) in [7, 11) is 0. The smallest absolute Gasteiger partial charge is 0.0742 e. The van der Waals surface area contributed by atoms with Gasteiger partial charge < -0.3 is 0 Å². The summed E-state index contributed by atoms with van der Waals surface area (Å²) < 4.78 is 0. The van der Waals surface area contributed by atoms with Crippen LogP contribution in [-0.2, 0) is 12.8 Å². The number of benzene rings is 2. The zero-order valence-electron chi connectivity index (χ0n) is 14.2. The SMILES string of the molecule is CCCCCc1ccc(C2=Cc3ccc(N=C=S)cc3CC2)cc1. The zero-order chi connectivity index (χ0) is 16.8. The van der Waals surface area contributed by atoms with E-state index in [1.807, 2.05) is 6.07 Å². The Morgan fingerprint density at radius 3 is 2.62 bits per heavy atom. The van der Waals surface area contributed by atoms with Gasteiger partial charge in [0.1, 0.15) is 0 Å². The summed E-state index contributed by atoms with van der Waals surface area (Å²) >= 11 is 4.69. The van der Waals surface area contributed by atoms with E-state index in [1.54, 1.807) is 0 Å². The van der Waals surface area contributed by atoms with Crippen molar-refractivity contribution in [3.05, 3.63) is 64.7 Å². The van der Waals surface area contributed by atoms with Gasteiger partial charge in [0, 0.05) is 0 Å². The highest BCUT2D eigenvalue weighted by Crippen LogP contribution is 2.32. The van der Waals surface area contributed by atoms with Crippen LogP contribution < -0.4 is 0 Å². The van der Waals surface area contributed by atoms with Gasteiger partial charge in [-0.05, 0) is 77.9 Å². The second-order valence-electron chi connectivity index (χ2n) is 6.41. The predicted molar refractivity (Wildman–Crippen MR) is 107 cm³/mol. The van der Waals surface area contributed by atoms with E-state index < -0.39 is 0 Å². The maximum Gasteiger partial charge on any atom is 0.0742 e. The van der Waals surface area contributed by atoms with Crippen molar-refractivity contribution in [1.29, 1.82) is 0 Å². The molecule has 3 rings (SSSR count). The van der Waals surface area contributed by atoms with Crippen LogP contribution in [-0.4, -0.2) is 5.16 Å². The molecule has 0 heterocycles. The van der Waals surface area contributed by atoms with Crippen molar-refractivity contribution in [3.63, 3.8) is 0 Å². The third-order valence-corrected chi connectivity index (χ3v) is 4.78. The van der Waals surface area contributed by atoms with Crippen LogP contribution in [0.3, 0.4) is 0 Å². The maximum absolute atomic E-state index is 4.69. The number of thiocarbonyl (C=S) groups is 1. The van der Waals surface area contributed by atoms with Gasteiger partial charge in [-0.2, -0.15) is 4.99 Å². The molecule has 2 aromatic carbocycles. The molecule has 0 amide bonds. The zero-order valence-corrected chi connectivity index (χ0v) is 15.0. The van der Waals surface area contributed by atoms with Crippen molar-refractivity contribution in [2.24, 2.45) is 4.99 Å². The fourth-order valence-electron chi connectivity index (χ4n) is 3.29. The molecule has 1 nitrogen and oxygen atoms in total. The van der Waals surface area contributed by atoms with E-state index in [9.17, 15) is 0 Å². The first-order valence-electron chi connectivity index (χ1n) is 8.81. The van der Waals surface area contributed by atoms with Crippen LogP contribution in [0, 0.1) is 0 Å². The normalized spacial score (nSPS) is 13.0. The van der Waals surface area contributed by atoms with Crippen molar-refractivity contribution < 1.29 is 0 Å². The highest BCUT2D eigenvalue weighted by Gasteiger charge is 2.12. The van der Waals surface area contributed by atoms with E-state index in [-0.39, 0.29) is 0 Å². The third-order valence-electron chi connectivity index (χ3n) is 4.69. The summed E-state index contributed by atoms with van der Waals surface area (Å²) in [6.45, 7) is 2.25. The Kier molecular flexibility index (Phi) is 5.74. The van der Waals surface area contributed by atoms with Crippen LogP contribution in [0.2, 0.25) is 0 Å². The Morgan fingerprint density at radius 1 is 1.04 bits per heavy atom. The van der Waals surface area contributed by atoms with Crippen LogP contribution >= 0.6 is 12.2 Å². The number of rotatable bonds is 6. The van der Waals surface area contributed by atoms with Gasteiger partial charge in [-0.3, -0.25) is 0 Å². The van der Waals surface area contributed by atoms with Crippen LogP contribution in [0.25, 0.3) is 11.6 Å². The average Bonchev–Trinajstić information content (AvgIpc) is 2.62. The average molecular weight is 334 g/mol. The summed E-state index contributed by atoms with van der Waals surface area (Å²) in [4.78, 5) is 4.08. The molecule has 2 heteroatoms. The number of isothiocyanates is 1. The van der Waals surface area contributed by atoms with Crippen molar-refractivity contribution in [2.45, 2.75) is 45.4 Å². The molecule has 0 aliphatic heterocycles. The summed E-state index contributed by atoms with van der Waals surface area (Å²) in [5.41, 5.74) is 7.77. The Bertz CT molecular complexity index is 780. The summed E-state index contributed by atoms with van der Waals surface area (Å²) in [6, 6.07) is 15.4. The first-order valence-corrected chi connectivity index (χ1v) is 9.21. The number of unbranched alkanes of at least 4 members (excludes halogenated alkanes) is 2. The lowest BCUT2D eigenvalue weighted by Crippen LogP contribution is -1.99. The Balaban J connectivity index is 1.77. The number of nitrogens with zero attached hydrogens (tertiary/aromatic N) is 1. The molecule has 0 radical (unpaired) electrons. The Labute approximate surface area is 150 Å². The fourth-order valence-corrected chi connectivity index (χ4v) is 3.40. The minimum Gasteiger partial charge on any atom is -0.195 e. The first-order chi connectivity index (χ1) is 11.8. The van der Waals surface area contributed by atoms with E-state index in [0.717, 1.165) is 18.5 Å². The van der Waals surface area contributed by atoms with Gasteiger partial charge in [-0.15, -0.1) is 0 Å². The van der Waals surface area contributed by atoms with Gasteiger partial charge in [0.2, 0.25) is 0 Å².